The van der Waals surface area contributed by atoms with E-state index in [4.69, 9.17) is 4.74 Å². The monoisotopic (exact) mass is 279 g/mol. The van der Waals surface area contributed by atoms with Crippen molar-refractivity contribution < 1.29 is 4.74 Å². The second-order valence-corrected chi connectivity index (χ2v) is 5.58. The first kappa shape index (κ1) is 16.7. The molecule has 0 saturated carbocycles. The average molecular weight is 279 g/mol. The van der Waals surface area contributed by atoms with Gasteiger partial charge in [0.25, 0.3) is 0 Å². The summed E-state index contributed by atoms with van der Waals surface area (Å²) in [5.41, 5.74) is 0. The smallest absolute Gasteiger partial charge is 0.218 e. The van der Waals surface area contributed by atoms with E-state index < -0.39 is 0 Å². The summed E-state index contributed by atoms with van der Waals surface area (Å²) in [5, 5.41) is 3.07. The number of unbranched alkanes of at least 4 members (excludes halogenated alkanes) is 1. The fraction of sp³-hybridized carbons (Fsp3) is 0.750. The fourth-order valence-corrected chi connectivity index (χ4v) is 2.00. The number of hydrogen-bond acceptors (Lipinski definition) is 4. The van der Waals surface area contributed by atoms with Crippen LogP contribution in [0.5, 0.6) is 5.88 Å². The summed E-state index contributed by atoms with van der Waals surface area (Å²) in [4.78, 5) is 8.94. The predicted molar refractivity (Wildman–Crippen MR) is 84.5 cm³/mol. The Kier molecular flexibility index (Phi) is 7.34. The van der Waals surface area contributed by atoms with Crippen LogP contribution in [0.25, 0.3) is 0 Å². The van der Waals surface area contributed by atoms with Crippen LogP contribution in [0.2, 0.25) is 0 Å². The Bertz CT molecular complexity index is 393. The van der Waals surface area contributed by atoms with Crippen molar-refractivity contribution in [3.63, 3.8) is 0 Å². The highest BCUT2D eigenvalue weighted by Crippen LogP contribution is 2.20. The minimum atomic E-state index is 0.299. The molecule has 4 heteroatoms. The van der Waals surface area contributed by atoms with Gasteiger partial charge in [0.15, 0.2) is 0 Å². The molecular formula is C16H29N3O. The molecule has 1 aromatic rings. The molecule has 0 aliphatic heterocycles. The molecule has 1 rings (SSSR count). The molecule has 4 nitrogen and oxygen atoms in total. The third-order valence-electron chi connectivity index (χ3n) is 3.50. The first-order valence-electron chi connectivity index (χ1n) is 7.80. The van der Waals surface area contributed by atoms with Crippen LogP contribution in [0.1, 0.15) is 65.1 Å². The predicted octanol–water partition coefficient (Wildman–Crippen LogP) is 4.24. The Balaban J connectivity index is 2.68. The van der Waals surface area contributed by atoms with Crippen LogP contribution in [0.4, 0.5) is 5.82 Å². The third-order valence-corrected chi connectivity index (χ3v) is 3.50. The third kappa shape index (κ3) is 5.35. The van der Waals surface area contributed by atoms with E-state index in [-0.39, 0.29) is 0 Å². The van der Waals surface area contributed by atoms with Crippen molar-refractivity contribution in [1.82, 2.24) is 9.97 Å². The van der Waals surface area contributed by atoms with E-state index in [1.54, 1.807) is 0 Å². The van der Waals surface area contributed by atoms with Gasteiger partial charge in [0.2, 0.25) is 5.88 Å². The lowest BCUT2D eigenvalue weighted by molar-refractivity contribution is 0.225. The Hall–Kier alpha value is -1.32. The SMILES string of the molecule is CCCCC(CC)COc1cc(NC)nc(C(C)C)n1. The summed E-state index contributed by atoms with van der Waals surface area (Å²) in [6.45, 7) is 9.38. The van der Waals surface area contributed by atoms with Crippen LogP contribution in [0.3, 0.4) is 0 Å². The van der Waals surface area contributed by atoms with Crippen LogP contribution in [0, 0.1) is 5.92 Å². The molecule has 0 saturated heterocycles. The maximum Gasteiger partial charge on any atom is 0.218 e. The van der Waals surface area contributed by atoms with Gasteiger partial charge < -0.3 is 10.1 Å². The Morgan fingerprint density at radius 1 is 1.25 bits per heavy atom. The van der Waals surface area contributed by atoms with Gasteiger partial charge in [-0.25, -0.2) is 4.98 Å². The van der Waals surface area contributed by atoms with E-state index in [0.717, 1.165) is 24.7 Å². The average Bonchev–Trinajstić information content (AvgIpc) is 2.47. The molecule has 0 aromatic carbocycles. The molecule has 0 spiro atoms. The standard InChI is InChI=1S/C16H29N3O/c1-6-8-9-13(7-2)11-20-15-10-14(17-5)18-16(19-15)12(3)4/h10,12-13H,6-9,11H2,1-5H3,(H,17,18,19). The number of aromatic nitrogens is 2. The molecule has 0 amide bonds. The summed E-state index contributed by atoms with van der Waals surface area (Å²) in [5.74, 6) is 3.25. The zero-order valence-electron chi connectivity index (χ0n) is 13.6. The van der Waals surface area contributed by atoms with Crippen LogP contribution >= 0.6 is 0 Å². The molecule has 1 aromatic heterocycles. The molecule has 20 heavy (non-hydrogen) atoms. The van der Waals surface area contributed by atoms with Gasteiger partial charge in [-0.3, -0.25) is 0 Å². The number of rotatable bonds is 9. The van der Waals surface area contributed by atoms with Crippen molar-refractivity contribution in [1.29, 1.82) is 0 Å². The molecule has 1 unspecified atom stereocenters. The van der Waals surface area contributed by atoms with E-state index in [1.165, 1.54) is 19.3 Å². The van der Waals surface area contributed by atoms with Crippen molar-refractivity contribution in [3.8, 4) is 5.88 Å². The second kappa shape index (κ2) is 8.77. The summed E-state index contributed by atoms with van der Waals surface area (Å²) >= 11 is 0. The van der Waals surface area contributed by atoms with Gasteiger partial charge in [-0.05, 0) is 12.3 Å². The van der Waals surface area contributed by atoms with Crippen LogP contribution in [0.15, 0.2) is 6.07 Å². The number of ether oxygens (including phenoxy) is 1. The van der Waals surface area contributed by atoms with Gasteiger partial charge in [-0.2, -0.15) is 4.98 Å². The quantitative estimate of drug-likeness (QED) is 0.734. The van der Waals surface area contributed by atoms with E-state index in [0.29, 0.717) is 17.7 Å². The molecular weight excluding hydrogens is 250 g/mol. The summed E-state index contributed by atoms with van der Waals surface area (Å²) in [7, 11) is 1.87. The van der Waals surface area contributed by atoms with Crippen molar-refractivity contribution in [2.75, 3.05) is 19.0 Å². The molecule has 1 atom stereocenters. The molecule has 0 fully saturated rings. The number of nitrogens with one attached hydrogen (secondary N) is 1. The van der Waals surface area contributed by atoms with Gasteiger partial charge in [0.05, 0.1) is 6.61 Å². The molecule has 0 aliphatic carbocycles. The molecule has 0 bridgehead atoms. The Morgan fingerprint density at radius 3 is 2.55 bits per heavy atom. The lowest BCUT2D eigenvalue weighted by Crippen LogP contribution is -2.13. The van der Waals surface area contributed by atoms with Gasteiger partial charge >= 0.3 is 0 Å². The van der Waals surface area contributed by atoms with E-state index >= 15 is 0 Å². The molecule has 0 aliphatic rings. The number of anilines is 1. The van der Waals surface area contributed by atoms with Gasteiger partial charge in [0, 0.05) is 19.0 Å². The number of hydrogen-bond donors (Lipinski definition) is 1. The highest BCUT2D eigenvalue weighted by atomic mass is 16.5. The Labute approximate surface area is 123 Å². The van der Waals surface area contributed by atoms with Gasteiger partial charge in [-0.1, -0.05) is 47.0 Å². The van der Waals surface area contributed by atoms with Crippen molar-refractivity contribution in [2.45, 2.75) is 59.3 Å². The topological polar surface area (TPSA) is 47.0 Å². The van der Waals surface area contributed by atoms with E-state index in [2.05, 4.69) is 43.0 Å². The van der Waals surface area contributed by atoms with Gasteiger partial charge in [-0.15, -0.1) is 0 Å². The lowest BCUT2D eigenvalue weighted by atomic mass is 10.0. The van der Waals surface area contributed by atoms with Crippen LogP contribution in [-0.4, -0.2) is 23.6 Å². The summed E-state index contributed by atoms with van der Waals surface area (Å²) < 4.78 is 5.90. The molecule has 114 valence electrons. The van der Waals surface area contributed by atoms with Gasteiger partial charge in [0.1, 0.15) is 11.6 Å². The second-order valence-electron chi connectivity index (χ2n) is 5.58. The fourth-order valence-electron chi connectivity index (χ4n) is 2.00. The number of nitrogens with zero attached hydrogens (tertiary/aromatic N) is 2. The minimum absolute atomic E-state index is 0.299. The first-order valence-corrected chi connectivity index (χ1v) is 7.80. The highest BCUT2D eigenvalue weighted by molar-refractivity contribution is 5.38. The lowest BCUT2D eigenvalue weighted by Gasteiger charge is -2.16. The maximum atomic E-state index is 5.90. The largest absolute Gasteiger partial charge is 0.477 e. The van der Waals surface area contributed by atoms with Crippen molar-refractivity contribution >= 4 is 5.82 Å². The van der Waals surface area contributed by atoms with Crippen LogP contribution < -0.4 is 10.1 Å². The Morgan fingerprint density at radius 2 is 2.00 bits per heavy atom. The van der Waals surface area contributed by atoms with E-state index in [1.807, 2.05) is 13.1 Å². The molecule has 0 radical (unpaired) electrons. The normalized spacial score (nSPS) is 12.5. The minimum Gasteiger partial charge on any atom is -0.477 e. The van der Waals surface area contributed by atoms with Crippen molar-refractivity contribution in [2.24, 2.45) is 5.92 Å². The molecule has 1 N–H and O–H groups in total. The zero-order chi connectivity index (χ0) is 15.0. The summed E-state index contributed by atoms with van der Waals surface area (Å²) in [6, 6.07) is 1.87. The zero-order valence-corrected chi connectivity index (χ0v) is 13.6. The highest BCUT2D eigenvalue weighted by Gasteiger charge is 2.11. The molecule has 1 heterocycles. The maximum absolute atomic E-state index is 5.90. The van der Waals surface area contributed by atoms with Crippen LogP contribution in [-0.2, 0) is 0 Å². The summed E-state index contributed by atoms with van der Waals surface area (Å²) in [6.07, 6.45) is 4.89. The van der Waals surface area contributed by atoms with E-state index in [9.17, 15) is 0 Å². The first-order chi connectivity index (χ1) is 9.60. The van der Waals surface area contributed by atoms with Crippen molar-refractivity contribution in [3.05, 3.63) is 11.9 Å².